The van der Waals surface area contributed by atoms with Gasteiger partial charge in [-0.1, -0.05) is 48.0 Å². The maximum Gasteiger partial charge on any atom is 0.309 e. The second kappa shape index (κ2) is 8.23. The van der Waals surface area contributed by atoms with Crippen LogP contribution >= 0.6 is 0 Å². The maximum absolute atomic E-state index is 12.6. The fraction of sp³-hybridized carbons (Fsp3) is 0.381. The molecule has 0 aliphatic heterocycles. The molecule has 0 radical (unpaired) electrons. The van der Waals surface area contributed by atoms with Gasteiger partial charge in [0.25, 0.3) is 10.1 Å². The Balaban J connectivity index is 1.80. The van der Waals surface area contributed by atoms with E-state index in [1.807, 2.05) is 37.3 Å². The van der Waals surface area contributed by atoms with Gasteiger partial charge in [0.1, 0.15) is 0 Å². The van der Waals surface area contributed by atoms with E-state index in [1.165, 1.54) is 7.11 Å². The molecule has 3 atom stereocenters. The minimum Gasteiger partial charge on any atom is -0.469 e. The summed E-state index contributed by atoms with van der Waals surface area (Å²) in [5, 5.41) is 0. The Morgan fingerprint density at radius 2 is 1.67 bits per heavy atom. The Labute approximate surface area is 160 Å². The number of hydrogen-bond donors (Lipinski definition) is 0. The minimum atomic E-state index is -3.84. The van der Waals surface area contributed by atoms with Crippen LogP contribution in [0, 0.1) is 12.8 Å². The van der Waals surface area contributed by atoms with Gasteiger partial charge in [-0.25, -0.2) is 0 Å². The van der Waals surface area contributed by atoms with E-state index in [-0.39, 0.29) is 22.7 Å². The number of methoxy groups -OCH3 is 1. The van der Waals surface area contributed by atoms with Gasteiger partial charge >= 0.3 is 5.97 Å². The second-order valence-electron chi connectivity index (χ2n) is 6.95. The van der Waals surface area contributed by atoms with Crippen LogP contribution in [-0.2, 0) is 23.8 Å². The van der Waals surface area contributed by atoms with Crippen LogP contribution in [0.15, 0.2) is 59.5 Å². The molecule has 3 rings (SSSR count). The van der Waals surface area contributed by atoms with Crippen LogP contribution in [-0.4, -0.2) is 27.6 Å². The zero-order chi connectivity index (χ0) is 19.4. The van der Waals surface area contributed by atoms with Crippen molar-refractivity contribution in [3.8, 4) is 0 Å². The third-order valence-electron chi connectivity index (χ3n) is 5.11. The quantitative estimate of drug-likeness (QED) is 0.575. The molecular formula is C21H24O5S. The van der Waals surface area contributed by atoms with Crippen molar-refractivity contribution in [3.63, 3.8) is 0 Å². The summed E-state index contributed by atoms with van der Waals surface area (Å²) in [5.74, 6) is -0.686. The highest BCUT2D eigenvalue weighted by atomic mass is 32.2. The fourth-order valence-electron chi connectivity index (χ4n) is 3.66. The monoisotopic (exact) mass is 388 g/mol. The van der Waals surface area contributed by atoms with E-state index in [2.05, 4.69) is 0 Å². The molecule has 0 heterocycles. The van der Waals surface area contributed by atoms with Crippen LogP contribution in [0.25, 0.3) is 0 Å². The summed E-state index contributed by atoms with van der Waals surface area (Å²) < 4.78 is 35.7. The number of hydrogen-bond acceptors (Lipinski definition) is 5. The molecule has 6 heteroatoms. The van der Waals surface area contributed by atoms with Gasteiger partial charge in [-0.3, -0.25) is 8.98 Å². The van der Waals surface area contributed by atoms with Crippen LogP contribution in [0.3, 0.4) is 0 Å². The molecule has 2 aromatic carbocycles. The molecule has 2 aromatic rings. The predicted molar refractivity (Wildman–Crippen MR) is 102 cm³/mol. The zero-order valence-electron chi connectivity index (χ0n) is 15.5. The maximum atomic E-state index is 12.6. The van der Waals surface area contributed by atoms with E-state index < -0.39 is 16.2 Å². The molecule has 1 fully saturated rings. The fourth-order valence-corrected chi connectivity index (χ4v) is 4.77. The van der Waals surface area contributed by atoms with Crippen molar-refractivity contribution < 1.29 is 22.1 Å². The summed E-state index contributed by atoms with van der Waals surface area (Å²) in [5.41, 5.74) is 1.98. The summed E-state index contributed by atoms with van der Waals surface area (Å²) in [6.45, 7) is 1.90. The molecule has 0 unspecified atom stereocenters. The Morgan fingerprint density at radius 1 is 1.00 bits per heavy atom. The molecule has 0 spiro atoms. The van der Waals surface area contributed by atoms with Crippen molar-refractivity contribution in [2.45, 2.75) is 43.1 Å². The van der Waals surface area contributed by atoms with Crippen LogP contribution in [0.4, 0.5) is 0 Å². The average Bonchev–Trinajstić information content (AvgIpc) is 2.68. The van der Waals surface area contributed by atoms with E-state index in [0.29, 0.717) is 19.3 Å². The van der Waals surface area contributed by atoms with Crippen LogP contribution < -0.4 is 0 Å². The largest absolute Gasteiger partial charge is 0.469 e. The number of carbonyl (C=O) groups is 1. The Kier molecular flexibility index (Phi) is 5.97. The zero-order valence-corrected chi connectivity index (χ0v) is 16.3. The number of rotatable bonds is 5. The van der Waals surface area contributed by atoms with Gasteiger partial charge in [0.05, 0.1) is 24.0 Å². The first kappa shape index (κ1) is 19.6. The van der Waals surface area contributed by atoms with Gasteiger partial charge in [0.2, 0.25) is 0 Å². The van der Waals surface area contributed by atoms with E-state index in [4.69, 9.17) is 8.92 Å². The van der Waals surface area contributed by atoms with Crippen molar-refractivity contribution in [1.82, 2.24) is 0 Å². The summed E-state index contributed by atoms with van der Waals surface area (Å²) in [6.07, 6.45) is 1.01. The lowest BCUT2D eigenvalue weighted by molar-refractivity contribution is -0.147. The highest BCUT2D eigenvalue weighted by Crippen LogP contribution is 2.40. The van der Waals surface area contributed by atoms with E-state index in [9.17, 15) is 13.2 Å². The van der Waals surface area contributed by atoms with Gasteiger partial charge < -0.3 is 4.74 Å². The van der Waals surface area contributed by atoms with Gasteiger partial charge in [-0.15, -0.1) is 0 Å². The summed E-state index contributed by atoms with van der Waals surface area (Å²) >= 11 is 0. The van der Waals surface area contributed by atoms with E-state index in [1.54, 1.807) is 24.3 Å². The lowest BCUT2D eigenvalue weighted by Crippen LogP contribution is -2.34. The van der Waals surface area contributed by atoms with Crippen LogP contribution in [0.5, 0.6) is 0 Å². The molecule has 0 N–H and O–H groups in total. The van der Waals surface area contributed by atoms with Crippen molar-refractivity contribution in [1.29, 1.82) is 0 Å². The molecule has 144 valence electrons. The smallest absolute Gasteiger partial charge is 0.309 e. The summed E-state index contributed by atoms with van der Waals surface area (Å²) in [4.78, 5) is 12.4. The molecule has 0 bridgehead atoms. The topological polar surface area (TPSA) is 69.7 Å². The molecular weight excluding hydrogens is 364 g/mol. The highest BCUT2D eigenvalue weighted by Gasteiger charge is 2.38. The SMILES string of the molecule is COC(=O)[C@H]1CC[C@H](OS(=O)(=O)c2ccc(C)cc2)C[C@H]1c1ccccc1. The summed E-state index contributed by atoms with van der Waals surface area (Å²) in [7, 11) is -2.46. The van der Waals surface area contributed by atoms with Crippen LogP contribution in [0.2, 0.25) is 0 Å². The predicted octanol–water partition coefficient (Wildman–Crippen LogP) is 3.83. The Morgan fingerprint density at radius 3 is 2.30 bits per heavy atom. The molecule has 5 nitrogen and oxygen atoms in total. The van der Waals surface area contributed by atoms with Gasteiger partial charge in [0.15, 0.2) is 0 Å². The normalized spacial score (nSPS) is 23.0. The van der Waals surface area contributed by atoms with Crippen molar-refractivity contribution in [3.05, 3.63) is 65.7 Å². The second-order valence-corrected chi connectivity index (χ2v) is 8.52. The Hall–Kier alpha value is -2.18. The standard InChI is InChI=1S/C21H24O5S/c1-15-8-11-18(12-9-15)27(23,24)26-17-10-13-19(21(22)25-2)20(14-17)16-6-4-3-5-7-16/h3-9,11-12,17,19-20H,10,13-14H2,1-2H3/t17-,19-,20-/m0/s1. The van der Waals surface area contributed by atoms with Crippen molar-refractivity contribution in [2.75, 3.05) is 7.11 Å². The third kappa shape index (κ3) is 4.57. The minimum absolute atomic E-state index is 0.134. The first-order valence-corrected chi connectivity index (χ1v) is 10.4. The van der Waals surface area contributed by atoms with Crippen molar-refractivity contribution in [2.24, 2.45) is 5.92 Å². The first-order valence-electron chi connectivity index (χ1n) is 9.03. The molecule has 0 saturated heterocycles. The molecule has 1 aliphatic carbocycles. The van der Waals surface area contributed by atoms with Gasteiger partial charge in [-0.2, -0.15) is 8.42 Å². The van der Waals surface area contributed by atoms with Crippen molar-refractivity contribution >= 4 is 16.1 Å². The molecule has 0 aromatic heterocycles. The lowest BCUT2D eigenvalue weighted by atomic mass is 9.74. The number of esters is 1. The van der Waals surface area contributed by atoms with Crippen LogP contribution in [0.1, 0.15) is 36.3 Å². The number of ether oxygens (including phenoxy) is 1. The number of aryl methyl sites for hydroxylation is 1. The van der Waals surface area contributed by atoms with E-state index >= 15 is 0 Å². The first-order chi connectivity index (χ1) is 12.9. The lowest BCUT2D eigenvalue weighted by Gasteiger charge is -2.34. The van der Waals surface area contributed by atoms with Gasteiger partial charge in [0, 0.05) is 0 Å². The number of benzene rings is 2. The summed E-state index contributed by atoms with van der Waals surface area (Å²) in [6, 6.07) is 16.3. The molecule has 1 aliphatic rings. The highest BCUT2D eigenvalue weighted by molar-refractivity contribution is 7.86. The molecule has 1 saturated carbocycles. The molecule has 0 amide bonds. The van der Waals surface area contributed by atoms with E-state index in [0.717, 1.165) is 11.1 Å². The Bertz CT molecular complexity index is 875. The number of carbonyl (C=O) groups excluding carboxylic acids is 1. The van der Waals surface area contributed by atoms with Gasteiger partial charge in [-0.05, 0) is 49.8 Å². The molecule has 27 heavy (non-hydrogen) atoms. The third-order valence-corrected chi connectivity index (χ3v) is 6.48. The average molecular weight is 388 g/mol.